The first kappa shape index (κ1) is 22.6. The van der Waals surface area contributed by atoms with Gasteiger partial charge in [0, 0.05) is 36.5 Å². The molecule has 0 radical (unpaired) electrons. The molecule has 11 heteroatoms. The fraction of sp³-hybridized carbons (Fsp3) is 0.375. The fourth-order valence-electron chi connectivity index (χ4n) is 4.10. The lowest BCUT2D eigenvalue weighted by atomic mass is 10.2. The maximum atomic E-state index is 13.1. The van der Waals surface area contributed by atoms with Gasteiger partial charge in [0.1, 0.15) is 23.7 Å². The van der Waals surface area contributed by atoms with Crippen LogP contribution >= 0.6 is 0 Å². The number of fused-ring (bicyclic) bond motifs is 2. The van der Waals surface area contributed by atoms with E-state index in [1.165, 1.54) is 16.8 Å². The van der Waals surface area contributed by atoms with Gasteiger partial charge in [-0.25, -0.2) is 0 Å². The van der Waals surface area contributed by atoms with Crippen LogP contribution in [0.2, 0.25) is 0 Å². The van der Waals surface area contributed by atoms with Crippen molar-refractivity contribution in [2.24, 2.45) is 5.92 Å². The average molecular weight is 479 g/mol. The Bertz CT molecular complexity index is 1400. The normalized spacial score (nSPS) is 15.5. The highest BCUT2D eigenvalue weighted by molar-refractivity contribution is 6.05. The van der Waals surface area contributed by atoms with Crippen LogP contribution in [0.15, 0.2) is 35.5 Å². The maximum Gasteiger partial charge on any atom is 0.291 e. The van der Waals surface area contributed by atoms with Gasteiger partial charge in [-0.15, -0.1) is 0 Å². The number of carbonyl (C=O) groups is 2. The van der Waals surface area contributed by atoms with E-state index < -0.39 is 17.3 Å². The first-order valence-corrected chi connectivity index (χ1v) is 11.6. The molecule has 0 saturated heterocycles. The lowest BCUT2D eigenvalue weighted by Gasteiger charge is -2.28. The van der Waals surface area contributed by atoms with E-state index in [1.807, 2.05) is 13.8 Å². The van der Waals surface area contributed by atoms with Crippen LogP contribution in [0.5, 0.6) is 11.6 Å². The van der Waals surface area contributed by atoms with E-state index in [-0.39, 0.29) is 23.4 Å². The molecular formula is C24H26N6O5. The third-order valence-corrected chi connectivity index (χ3v) is 5.90. The Morgan fingerprint density at radius 3 is 2.86 bits per heavy atom. The lowest BCUT2D eigenvalue weighted by Crippen LogP contribution is -2.36. The number of aromatic hydroxyl groups is 1. The number of pyridine rings is 1. The second kappa shape index (κ2) is 8.90. The summed E-state index contributed by atoms with van der Waals surface area (Å²) in [6.45, 7) is 4.98. The van der Waals surface area contributed by atoms with Gasteiger partial charge in [-0.05, 0) is 24.8 Å². The minimum absolute atomic E-state index is 0.0261. The number of aromatic nitrogens is 4. The third kappa shape index (κ3) is 4.25. The quantitative estimate of drug-likeness (QED) is 0.514. The summed E-state index contributed by atoms with van der Waals surface area (Å²) < 4.78 is 8.18. The smallest absolute Gasteiger partial charge is 0.291 e. The molecular weight excluding hydrogens is 452 g/mol. The Morgan fingerprint density at radius 1 is 1.31 bits per heavy atom. The molecule has 3 aromatic rings. The molecule has 2 amide bonds. The van der Waals surface area contributed by atoms with E-state index in [4.69, 9.17) is 4.74 Å². The second-order valence-corrected chi connectivity index (χ2v) is 9.11. The van der Waals surface area contributed by atoms with E-state index in [9.17, 15) is 19.5 Å². The Labute approximate surface area is 200 Å². The highest BCUT2D eigenvalue weighted by Gasteiger charge is 2.30. The molecule has 0 spiro atoms. The molecule has 3 aromatic heterocycles. The van der Waals surface area contributed by atoms with Gasteiger partial charge in [0.15, 0.2) is 5.56 Å². The summed E-state index contributed by atoms with van der Waals surface area (Å²) in [5.74, 6) is -0.640. The summed E-state index contributed by atoms with van der Waals surface area (Å²) in [5.41, 5.74) is 0.290. The monoisotopic (exact) mass is 478 g/mol. The number of nitrogens with one attached hydrogen (secondary N) is 1. The number of anilines is 1. The zero-order valence-electron chi connectivity index (χ0n) is 19.5. The Morgan fingerprint density at radius 2 is 2.11 bits per heavy atom. The number of hydrogen-bond donors (Lipinski definition) is 2. The molecule has 0 atom stereocenters. The molecule has 0 aromatic carbocycles. The molecule has 11 nitrogen and oxygen atoms in total. The van der Waals surface area contributed by atoms with Gasteiger partial charge in [-0.1, -0.05) is 13.8 Å². The van der Waals surface area contributed by atoms with Crippen molar-refractivity contribution in [3.8, 4) is 11.6 Å². The van der Waals surface area contributed by atoms with Crippen molar-refractivity contribution in [2.45, 2.75) is 39.3 Å². The van der Waals surface area contributed by atoms with E-state index >= 15 is 0 Å². The lowest BCUT2D eigenvalue weighted by molar-refractivity contribution is -0.114. The number of hydrogen-bond acceptors (Lipinski definition) is 7. The van der Waals surface area contributed by atoms with Crippen molar-refractivity contribution in [3.05, 3.63) is 52.2 Å². The average Bonchev–Trinajstić information content (AvgIpc) is 3.55. The second-order valence-electron chi connectivity index (χ2n) is 9.11. The first-order chi connectivity index (χ1) is 16.8. The van der Waals surface area contributed by atoms with E-state index in [1.54, 1.807) is 29.4 Å². The van der Waals surface area contributed by atoms with Crippen LogP contribution in [0, 0.1) is 5.92 Å². The van der Waals surface area contributed by atoms with Gasteiger partial charge >= 0.3 is 0 Å². The highest BCUT2D eigenvalue weighted by atomic mass is 16.5. The minimum atomic E-state index is -0.713. The molecule has 2 aliphatic rings. The number of amides is 2. The van der Waals surface area contributed by atoms with Gasteiger partial charge in [-0.2, -0.15) is 9.61 Å². The predicted molar refractivity (Wildman–Crippen MR) is 128 cm³/mol. The zero-order chi connectivity index (χ0) is 24.7. The molecule has 1 saturated carbocycles. The van der Waals surface area contributed by atoms with Crippen LogP contribution in [0.25, 0.3) is 11.7 Å². The summed E-state index contributed by atoms with van der Waals surface area (Å²) in [5, 5.41) is 17.9. The van der Waals surface area contributed by atoms with Gasteiger partial charge < -0.3 is 20.1 Å². The highest BCUT2D eigenvalue weighted by Crippen LogP contribution is 2.30. The molecule has 0 unspecified atom stereocenters. The van der Waals surface area contributed by atoms with E-state index in [0.29, 0.717) is 42.3 Å². The molecule has 182 valence electrons. The summed E-state index contributed by atoms with van der Waals surface area (Å²) >= 11 is 0. The summed E-state index contributed by atoms with van der Waals surface area (Å²) in [6, 6.07) is 1.73. The molecule has 0 bridgehead atoms. The van der Waals surface area contributed by atoms with Crippen molar-refractivity contribution in [1.82, 2.24) is 24.5 Å². The van der Waals surface area contributed by atoms with Crippen LogP contribution in [0.1, 0.15) is 42.6 Å². The van der Waals surface area contributed by atoms with Crippen molar-refractivity contribution < 1.29 is 19.4 Å². The maximum absolute atomic E-state index is 13.1. The van der Waals surface area contributed by atoms with Crippen molar-refractivity contribution >= 4 is 29.2 Å². The van der Waals surface area contributed by atoms with Crippen LogP contribution in [-0.2, 0) is 11.3 Å². The zero-order valence-corrected chi connectivity index (χ0v) is 19.5. The van der Waals surface area contributed by atoms with Gasteiger partial charge in [0.05, 0.1) is 18.9 Å². The van der Waals surface area contributed by atoms with E-state index in [0.717, 1.165) is 17.4 Å². The Balaban J connectivity index is 1.54. The molecule has 5 rings (SSSR count). The fourth-order valence-corrected chi connectivity index (χ4v) is 4.10. The molecule has 1 aliphatic heterocycles. The summed E-state index contributed by atoms with van der Waals surface area (Å²) in [7, 11) is 0. The number of carbonyl (C=O) groups excluding carboxylic acids is 2. The number of nitrogens with zero attached hydrogens (tertiary/aromatic N) is 5. The topological polar surface area (TPSA) is 131 Å². The number of rotatable bonds is 6. The summed E-state index contributed by atoms with van der Waals surface area (Å²) in [6.07, 6.45) is 9.24. The van der Waals surface area contributed by atoms with Gasteiger partial charge in [0.25, 0.3) is 17.4 Å². The van der Waals surface area contributed by atoms with Crippen LogP contribution in [0.4, 0.5) is 5.69 Å². The number of ether oxygens (including phenoxy) is 1. The van der Waals surface area contributed by atoms with Crippen LogP contribution in [0.3, 0.4) is 0 Å². The molecule has 1 aliphatic carbocycles. The van der Waals surface area contributed by atoms with Crippen molar-refractivity contribution in [3.63, 3.8) is 0 Å². The molecule has 1 fully saturated rings. The minimum Gasteiger partial charge on any atom is -0.494 e. The van der Waals surface area contributed by atoms with Crippen LogP contribution in [-0.4, -0.2) is 55.3 Å². The van der Waals surface area contributed by atoms with Crippen molar-refractivity contribution in [1.29, 1.82) is 0 Å². The van der Waals surface area contributed by atoms with E-state index in [2.05, 4.69) is 15.4 Å². The third-order valence-electron chi connectivity index (χ3n) is 5.90. The van der Waals surface area contributed by atoms with Crippen molar-refractivity contribution in [2.75, 3.05) is 18.1 Å². The van der Waals surface area contributed by atoms with Crippen LogP contribution < -0.4 is 20.5 Å². The molecule has 4 heterocycles. The Kier molecular flexibility index (Phi) is 5.75. The van der Waals surface area contributed by atoms with Gasteiger partial charge in [-0.3, -0.25) is 23.9 Å². The SMILES string of the molecule is CC(C)Cn1c(O)c(C(=O)NC2CC2)c(=O)n2ncc(C=CC(=O)N3CCOc4ccncc43)c12. The Hall–Kier alpha value is -4.15. The van der Waals surface area contributed by atoms with Gasteiger partial charge in [0.2, 0.25) is 5.88 Å². The summed E-state index contributed by atoms with van der Waals surface area (Å²) in [4.78, 5) is 44.5. The first-order valence-electron chi connectivity index (χ1n) is 11.6. The molecule has 2 N–H and O–H groups in total. The predicted octanol–water partition coefficient (Wildman–Crippen LogP) is 1.58. The largest absolute Gasteiger partial charge is 0.494 e. The standard InChI is InChI=1S/C24H26N6O5/c1-14(2)13-29-22-15(3-6-19(31)28-9-10-35-18-7-8-25-12-17(18)28)11-26-30(22)24(34)20(23(29)33)21(32)27-16-4-5-16/h3,6-8,11-12,14,16,33H,4-5,9-10,13H2,1-2H3,(H,27,32). The molecule has 35 heavy (non-hydrogen) atoms.